The second kappa shape index (κ2) is 12.7. The molecule has 0 saturated heterocycles. The van der Waals surface area contributed by atoms with E-state index in [1.807, 2.05) is 81.4 Å². The minimum absolute atomic E-state index is 0.128. The van der Waals surface area contributed by atoms with Gasteiger partial charge in [0.05, 0.1) is 11.9 Å². The second-order valence-corrected chi connectivity index (χ2v) is 11.8. The average Bonchev–Trinajstić information content (AvgIpc) is 2.85. The fraction of sp³-hybridized carbons (Fsp3) is 0.333. The second-order valence-electron chi connectivity index (χ2n) is 9.93. The van der Waals surface area contributed by atoms with Crippen molar-refractivity contribution in [2.24, 2.45) is 0 Å². The predicted molar refractivity (Wildman–Crippen MR) is 152 cm³/mol. The van der Waals surface area contributed by atoms with Crippen molar-refractivity contribution in [3.63, 3.8) is 0 Å². The minimum atomic E-state index is -3.79. The summed E-state index contributed by atoms with van der Waals surface area (Å²) in [5, 5.41) is 2.95. The molecule has 3 rings (SSSR count). The SMILES string of the molecule is Cc1ccc(CN(C(=O)CN(c2ccccc2C)S(C)(=O)=O)[C@@H](Cc2ccccc2)C(=O)NC(C)C)cc1. The summed E-state index contributed by atoms with van der Waals surface area (Å²) in [6, 6.07) is 23.3. The van der Waals surface area contributed by atoms with Crippen LogP contribution in [0.3, 0.4) is 0 Å². The lowest BCUT2D eigenvalue weighted by Gasteiger charge is -2.34. The molecule has 0 aromatic heterocycles. The maximum atomic E-state index is 14.0. The Morgan fingerprint density at radius 2 is 1.45 bits per heavy atom. The maximum Gasteiger partial charge on any atom is 0.244 e. The van der Waals surface area contributed by atoms with Crippen LogP contribution in [0.1, 0.15) is 36.1 Å². The third-order valence-corrected chi connectivity index (χ3v) is 7.37. The Labute approximate surface area is 226 Å². The lowest BCUT2D eigenvalue weighted by Crippen LogP contribution is -2.54. The van der Waals surface area contributed by atoms with E-state index in [-0.39, 0.29) is 18.5 Å². The minimum Gasteiger partial charge on any atom is -0.352 e. The zero-order valence-corrected chi connectivity index (χ0v) is 23.5. The van der Waals surface area contributed by atoms with Crippen LogP contribution >= 0.6 is 0 Å². The van der Waals surface area contributed by atoms with Crippen LogP contribution in [-0.2, 0) is 32.6 Å². The van der Waals surface area contributed by atoms with Crippen LogP contribution in [0.4, 0.5) is 5.69 Å². The number of benzene rings is 3. The molecule has 3 aromatic carbocycles. The highest BCUT2D eigenvalue weighted by Crippen LogP contribution is 2.23. The van der Waals surface area contributed by atoms with Crippen LogP contribution in [0.25, 0.3) is 0 Å². The van der Waals surface area contributed by atoms with Crippen molar-refractivity contribution < 1.29 is 18.0 Å². The van der Waals surface area contributed by atoms with Crippen molar-refractivity contribution in [2.75, 3.05) is 17.1 Å². The first kappa shape index (κ1) is 28.9. The summed E-state index contributed by atoms with van der Waals surface area (Å²) in [5.41, 5.74) is 3.99. The number of hydrogen-bond acceptors (Lipinski definition) is 4. The van der Waals surface area contributed by atoms with E-state index in [4.69, 9.17) is 0 Å². The van der Waals surface area contributed by atoms with Gasteiger partial charge in [0.2, 0.25) is 21.8 Å². The summed E-state index contributed by atoms with van der Waals surface area (Å²) < 4.78 is 26.8. The monoisotopic (exact) mass is 535 g/mol. The molecule has 0 heterocycles. The normalized spacial score (nSPS) is 12.2. The Kier molecular flexibility index (Phi) is 9.69. The standard InChI is InChI=1S/C30H37N3O4S/c1-22(2)31-30(35)28(19-25-12-7-6-8-13-25)32(20-26-17-15-23(3)16-18-26)29(34)21-33(38(5,36)37)27-14-10-9-11-24(27)4/h6-18,22,28H,19-21H2,1-5H3,(H,31,35)/t28-/m0/s1. The lowest BCUT2D eigenvalue weighted by atomic mass is 10.0. The number of aryl methyl sites for hydroxylation is 2. The van der Waals surface area contributed by atoms with E-state index in [1.165, 1.54) is 4.90 Å². The third kappa shape index (κ3) is 7.92. The highest BCUT2D eigenvalue weighted by molar-refractivity contribution is 7.92. The lowest BCUT2D eigenvalue weighted by molar-refractivity contribution is -0.140. The molecule has 7 nitrogen and oxygen atoms in total. The zero-order valence-electron chi connectivity index (χ0n) is 22.7. The van der Waals surface area contributed by atoms with Crippen LogP contribution in [0.2, 0.25) is 0 Å². The van der Waals surface area contributed by atoms with Gasteiger partial charge in [-0.25, -0.2) is 8.42 Å². The molecule has 0 bridgehead atoms. The van der Waals surface area contributed by atoms with Crippen LogP contribution in [0.15, 0.2) is 78.9 Å². The molecule has 0 radical (unpaired) electrons. The van der Waals surface area contributed by atoms with Gasteiger partial charge in [-0.2, -0.15) is 0 Å². The average molecular weight is 536 g/mol. The molecule has 0 aliphatic heterocycles. The molecule has 2 amide bonds. The summed E-state index contributed by atoms with van der Waals surface area (Å²) in [7, 11) is -3.79. The summed E-state index contributed by atoms with van der Waals surface area (Å²) >= 11 is 0. The Bertz CT molecular complexity index is 1340. The summed E-state index contributed by atoms with van der Waals surface area (Å²) in [4.78, 5) is 29.0. The molecule has 0 aliphatic rings. The summed E-state index contributed by atoms with van der Waals surface area (Å²) in [5.74, 6) is -0.745. The fourth-order valence-corrected chi connectivity index (χ4v) is 5.17. The molecule has 3 aromatic rings. The van der Waals surface area contributed by atoms with Gasteiger partial charge < -0.3 is 10.2 Å². The Hall–Kier alpha value is -3.65. The first-order chi connectivity index (χ1) is 18.0. The number of sulfonamides is 1. The van der Waals surface area contributed by atoms with Gasteiger partial charge in [0.1, 0.15) is 12.6 Å². The number of carbonyl (C=O) groups is 2. The number of anilines is 1. The van der Waals surface area contributed by atoms with E-state index in [2.05, 4.69) is 5.32 Å². The predicted octanol–water partition coefficient (Wildman–Crippen LogP) is 4.23. The third-order valence-electron chi connectivity index (χ3n) is 6.24. The van der Waals surface area contributed by atoms with E-state index in [0.717, 1.165) is 32.8 Å². The Morgan fingerprint density at radius 1 is 0.842 bits per heavy atom. The van der Waals surface area contributed by atoms with Crippen molar-refractivity contribution in [2.45, 2.75) is 52.7 Å². The maximum absolute atomic E-state index is 14.0. The Morgan fingerprint density at radius 3 is 2.03 bits per heavy atom. The smallest absolute Gasteiger partial charge is 0.244 e. The zero-order chi connectivity index (χ0) is 27.9. The van der Waals surface area contributed by atoms with E-state index in [0.29, 0.717) is 12.1 Å². The van der Waals surface area contributed by atoms with Gasteiger partial charge in [-0.15, -0.1) is 0 Å². The highest BCUT2D eigenvalue weighted by atomic mass is 32.2. The van der Waals surface area contributed by atoms with Crippen molar-refractivity contribution >= 4 is 27.5 Å². The van der Waals surface area contributed by atoms with Gasteiger partial charge in [-0.1, -0.05) is 78.4 Å². The van der Waals surface area contributed by atoms with E-state index >= 15 is 0 Å². The topological polar surface area (TPSA) is 86.8 Å². The first-order valence-corrected chi connectivity index (χ1v) is 14.5. The highest BCUT2D eigenvalue weighted by Gasteiger charge is 2.33. The molecular formula is C30H37N3O4S. The van der Waals surface area contributed by atoms with Gasteiger partial charge in [-0.3, -0.25) is 13.9 Å². The molecule has 0 saturated carbocycles. The number of hydrogen-bond donors (Lipinski definition) is 1. The fourth-order valence-electron chi connectivity index (χ4n) is 4.26. The van der Waals surface area contributed by atoms with Crippen molar-refractivity contribution in [1.29, 1.82) is 0 Å². The number of carbonyl (C=O) groups excluding carboxylic acids is 2. The molecule has 8 heteroatoms. The van der Waals surface area contributed by atoms with Gasteiger partial charge >= 0.3 is 0 Å². The Balaban J connectivity index is 2.06. The number of rotatable bonds is 11. The first-order valence-electron chi connectivity index (χ1n) is 12.7. The number of amides is 2. The molecule has 0 unspecified atom stereocenters. The molecule has 0 aliphatic carbocycles. The van der Waals surface area contributed by atoms with Crippen LogP contribution < -0.4 is 9.62 Å². The molecule has 0 spiro atoms. The van der Waals surface area contributed by atoms with Gasteiger partial charge in [0.15, 0.2) is 0 Å². The van der Waals surface area contributed by atoms with Crippen LogP contribution in [0, 0.1) is 13.8 Å². The van der Waals surface area contributed by atoms with E-state index in [1.54, 1.807) is 25.1 Å². The molecule has 1 atom stereocenters. The number of para-hydroxylation sites is 1. The van der Waals surface area contributed by atoms with Gasteiger partial charge in [0.25, 0.3) is 0 Å². The van der Waals surface area contributed by atoms with Crippen molar-refractivity contribution in [3.8, 4) is 0 Å². The molecule has 1 N–H and O–H groups in total. The van der Waals surface area contributed by atoms with E-state index < -0.39 is 28.5 Å². The van der Waals surface area contributed by atoms with Gasteiger partial charge in [0, 0.05) is 19.0 Å². The van der Waals surface area contributed by atoms with Gasteiger partial charge in [-0.05, 0) is 50.5 Å². The van der Waals surface area contributed by atoms with E-state index in [9.17, 15) is 18.0 Å². The number of nitrogens with one attached hydrogen (secondary N) is 1. The van der Waals surface area contributed by atoms with Crippen molar-refractivity contribution in [3.05, 3.63) is 101 Å². The number of nitrogens with zero attached hydrogens (tertiary/aromatic N) is 2. The largest absolute Gasteiger partial charge is 0.352 e. The van der Waals surface area contributed by atoms with Crippen molar-refractivity contribution in [1.82, 2.24) is 10.2 Å². The molecule has 0 fully saturated rings. The molecule has 38 heavy (non-hydrogen) atoms. The van der Waals surface area contributed by atoms with Crippen LogP contribution in [-0.4, -0.2) is 50.0 Å². The molecule has 202 valence electrons. The quantitative estimate of drug-likeness (QED) is 0.398. The molecular weight excluding hydrogens is 498 g/mol. The van der Waals surface area contributed by atoms with Crippen LogP contribution in [0.5, 0.6) is 0 Å². The summed E-state index contributed by atoms with van der Waals surface area (Å²) in [6.07, 6.45) is 1.38. The summed E-state index contributed by atoms with van der Waals surface area (Å²) in [6.45, 7) is 7.26.